The molecule has 6 nitrogen and oxygen atoms in total. The molecule has 30 heavy (non-hydrogen) atoms. The lowest BCUT2D eigenvalue weighted by Crippen LogP contribution is -2.60. The Kier molecular flexibility index (Phi) is 4.88. The van der Waals surface area contributed by atoms with Crippen molar-refractivity contribution < 1.29 is 19.1 Å². The van der Waals surface area contributed by atoms with Crippen LogP contribution in [0.5, 0.6) is 11.5 Å². The van der Waals surface area contributed by atoms with Gasteiger partial charge in [-0.15, -0.1) is 0 Å². The molecule has 4 rings (SSSR count). The third-order valence-electron chi connectivity index (χ3n) is 6.93. The van der Waals surface area contributed by atoms with Crippen LogP contribution in [0.2, 0.25) is 0 Å². The van der Waals surface area contributed by atoms with Gasteiger partial charge in [0.25, 0.3) is 0 Å². The Bertz CT molecular complexity index is 984. The van der Waals surface area contributed by atoms with Crippen molar-refractivity contribution in [1.82, 2.24) is 4.90 Å². The van der Waals surface area contributed by atoms with Gasteiger partial charge in [0.15, 0.2) is 0 Å². The maximum atomic E-state index is 13.0. The van der Waals surface area contributed by atoms with Crippen LogP contribution in [0.1, 0.15) is 33.6 Å². The number of piperidine rings is 1. The van der Waals surface area contributed by atoms with E-state index < -0.39 is 11.3 Å². The highest BCUT2D eigenvalue weighted by Gasteiger charge is 2.64. The van der Waals surface area contributed by atoms with Crippen molar-refractivity contribution in [3.05, 3.63) is 54.6 Å². The minimum atomic E-state index is -0.609. The molecular weight excluding hydrogens is 380 g/mol. The van der Waals surface area contributed by atoms with Crippen LogP contribution in [0.4, 0.5) is 5.69 Å². The molecule has 1 heterocycles. The Balaban J connectivity index is 1.40. The van der Waals surface area contributed by atoms with E-state index in [9.17, 15) is 14.4 Å². The minimum absolute atomic E-state index is 0.220. The number of amides is 3. The molecule has 1 saturated carbocycles. The van der Waals surface area contributed by atoms with Crippen molar-refractivity contribution in [2.45, 2.75) is 33.6 Å². The summed E-state index contributed by atoms with van der Waals surface area (Å²) in [6.45, 7) is 5.62. The summed E-state index contributed by atoms with van der Waals surface area (Å²) >= 11 is 0. The van der Waals surface area contributed by atoms with E-state index in [2.05, 4.69) is 5.32 Å². The number of imide groups is 1. The number of nitrogens with zero attached hydrogens (tertiary/aromatic N) is 1. The first-order valence-corrected chi connectivity index (χ1v) is 10.2. The molecule has 2 aromatic rings. The summed E-state index contributed by atoms with van der Waals surface area (Å²) in [5.41, 5.74) is -0.419. The lowest BCUT2D eigenvalue weighted by atomic mass is 9.62. The maximum Gasteiger partial charge on any atom is 0.244 e. The molecule has 2 aliphatic rings. The van der Waals surface area contributed by atoms with Crippen molar-refractivity contribution in [3.8, 4) is 11.5 Å². The van der Waals surface area contributed by atoms with E-state index in [0.717, 1.165) is 10.6 Å². The summed E-state index contributed by atoms with van der Waals surface area (Å²) in [5, 5.41) is 2.76. The smallest absolute Gasteiger partial charge is 0.244 e. The quantitative estimate of drug-likeness (QED) is 0.754. The fourth-order valence-electron chi connectivity index (χ4n) is 4.63. The summed E-state index contributed by atoms with van der Waals surface area (Å²) in [4.78, 5) is 39.6. The minimum Gasteiger partial charge on any atom is -0.457 e. The van der Waals surface area contributed by atoms with Gasteiger partial charge >= 0.3 is 0 Å². The second-order valence-corrected chi connectivity index (χ2v) is 8.86. The van der Waals surface area contributed by atoms with Gasteiger partial charge in [-0.1, -0.05) is 39.0 Å². The Morgan fingerprint density at radius 3 is 2.33 bits per heavy atom. The number of hydrogen-bond donors (Lipinski definition) is 1. The zero-order chi connectivity index (χ0) is 21.5. The van der Waals surface area contributed by atoms with Crippen molar-refractivity contribution in [2.75, 3.05) is 11.9 Å². The molecule has 1 aliphatic carbocycles. The lowest BCUT2D eigenvalue weighted by molar-refractivity contribution is -0.168. The molecule has 0 radical (unpaired) electrons. The maximum absolute atomic E-state index is 13.0. The summed E-state index contributed by atoms with van der Waals surface area (Å²) in [5.74, 6) is 0.281. The summed E-state index contributed by atoms with van der Waals surface area (Å²) < 4.78 is 5.74. The number of benzene rings is 2. The Morgan fingerprint density at radius 2 is 1.67 bits per heavy atom. The molecule has 2 bridgehead atoms. The lowest BCUT2D eigenvalue weighted by Gasteiger charge is -2.47. The number of ether oxygens (including phenoxy) is 1. The molecule has 2 atom stereocenters. The van der Waals surface area contributed by atoms with E-state index in [1.165, 1.54) is 0 Å². The first-order valence-electron chi connectivity index (χ1n) is 10.2. The number of rotatable bonds is 5. The zero-order valence-corrected chi connectivity index (χ0v) is 17.5. The number of likely N-dealkylation sites (tertiary alicyclic amines) is 1. The third-order valence-corrected chi connectivity index (χ3v) is 6.93. The first kappa shape index (κ1) is 20.1. The molecule has 0 spiro atoms. The average molecular weight is 406 g/mol. The third kappa shape index (κ3) is 3.26. The van der Waals surface area contributed by atoms with Crippen LogP contribution in [0.15, 0.2) is 54.6 Å². The van der Waals surface area contributed by atoms with Gasteiger partial charge in [0.05, 0.1) is 5.41 Å². The molecular formula is C24H26N2O4. The van der Waals surface area contributed by atoms with Gasteiger partial charge in [-0.05, 0) is 54.7 Å². The van der Waals surface area contributed by atoms with E-state index in [-0.39, 0.29) is 29.7 Å². The van der Waals surface area contributed by atoms with E-state index >= 15 is 0 Å². The molecule has 2 aromatic carbocycles. The van der Waals surface area contributed by atoms with Crippen LogP contribution in [-0.2, 0) is 14.4 Å². The summed E-state index contributed by atoms with van der Waals surface area (Å²) in [6.07, 6.45) is 1.37. The number of carbonyl (C=O) groups is 3. The number of hydrogen-bond acceptors (Lipinski definition) is 4. The summed E-state index contributed by atoms with van der Waals surface area (Å²) in [7, 11) is 0. The van der Waals surface area contributed by atoms with Gasteiger partial charge in [0.1, 0.15) is 18.0 Å². The van der Waals surface area contributed by atoms with Crippen molar-refractivity contribution >= 4 is 23.4 Å². The Morgan fingerprint density at radius 1 is 1.03 bits per heavy atom. The van der Waals surface area contributed by atoms with Crippen LogP contribution in [0.3, 0.4) is 0 Å². The van der Waals surface area contributed by atoms with Crippen LogP contribution in [0, 0.1) is 16.7 Å². The molecule has 0 unspecified atom stereocenters. The number of fused-ring (bicyclic) bond motifs is 2. The average Bonchev–Trinajstić information content (AvgIpc) is 2.91. The summed E-state index contributed by atoms with van der Waals surface area (Å²) in [6, 6.07) is 16.4. The second-order valence-electron chi connectivity index (χ2n) is 8.86. The topological polar surface area (TPSA) is 75.7 Å². The molecule has 1 N–H and O–H groups in total. The molecule has 3 amide bonds. The predicted octanol–water partition coefficient (Wildman–Crippen LogP) is 4.23. The molecule has 6 heteroatoms. The van der Waals surface area contributed by atoms with Crippen molar-refractivity contribution in [1.29, 1.82) is 0 Å². The van der Waals surface area contributed by atoms with Crippen molar-refractivity contribution in [2.24, 2.45) is 16.7 Å². The van der Waals surface area contributed by atoms with Crippen LogP contribution >= 0.6 is 0 Å². The Hall–Kier alpha value is -3.15. The Labute approximate surface area is 176 Å². The van der Waals surface area contributed by atoms with Gasteiger partial charge in [-0.25, -0.2) is 0 Å². The molecule has 2 fully saturated rings. The van der Waals surface area contributed by atoms with E-state index in [1.54, 1.807) is 24.3 Å². The number of carbonyl (C=O) groups excluding carboxylic acids is 3. The van der Waals surface area contributed by atoms with Crippen LogP contribution in [0.25, 0.3) is 0 Å². The highest BCUT2D eigenvalue weighted by Crippen LogP contribution is 2.59. The van der Waals surface area contributed by atoms with Gasteiger partial charge in [-0.3, -0.25) is 19.3 Å². The number of nitrogens with one attached hydrogen (secondary N) is 1. The molecule has 1 aliphatic heterocycles. The highest BCUT2D eigenvalue weighted by molar-refractivity contribution is 6.07. The SMILES string of the molecule is CC1(C)[C@@H]2CC[C@]1(C)C(=O)N(CC(=O)Nc1ccc(Oc3ccccc3)cc1)C2=O. The fraction of sp³-hybridized carbons (Fsp3) is 0.375. The van der Waals surface area contributed by atoms with E-state index in [0.29, 0.717) is 24.3 Å². The normalized spacial score (nSPS) is 24.6. The largest absolute Gasteiger partial charge is 0.457 e. The molecule has 0 aromatic heterocycles. The predicted molar refractivity (Wildman–Crippen MR) is 113 cm³/mol. The first-order chi connectivity index (χ1) is 14.2. The fourth-order valence-corrected chi connectivity index (χ4v) is 4.63. The van der Waals surface area contributed by atoms with Gasteiger partial charge < -0.3 is 10.1 Å². The molecule has 156 valence electrons. The second kappa shape index (κ2) is 7.27. The monoisotopic (exact) mass is 406 g/mol. The number of anilines is 1. The van der Waals surface area contributed by atoms with E-state index in [4.69, 9.17) is 4.74 Å². The molecule has 1 saturated heterocycles. The van der Waals surface area contributed by atoms with Gasteiger partial charge in [0, 0.05) is 11.6 Å². The van der Waals surface area contributed by atoms with Gasteiger partial charge in [-0.2, -0.15) is 0 Å². The standard InChI is InChI=1S/C24H26N2O4/c1-23(2)19-13-14-24(23,3)22(29)26(21(19)28)15-20(27)25-16-9-11-18(12-10-16)30-17-7-5-4-6-8-17/h4-12,19H,13-15H2,1-3H3,(H,25,27)/t19-,24-/m1/s1. The van der Waals surface area contributed by atoms with Gasteiger partial charge in [0.2, 0.25) is 17.7 Å². The number of para-hydroxylation sites is 1. The zero-order valence-electron chi connectivity index (χ0n) is 17.5. The van der Waals surface area contributed by atoms with E-state index in [1.807, 2.05) is 51.1 Å². The van der Waals surface area contributed by atoms with Crippen molar-refractivity contribution in [3.63, 3.8) is 0 Å². The highest BCUT2D eigenvalue weighted by atomic mass is 16.5. The van der Waals surface area contributed by atoms with Crippen LogP contribution in [-0.4, -0.2) is 29.2 Å². The van der Waals surface area contributed by atoms with Crippen LogP contribution < -0.4 is 10.1 Å².